The maximum atomic E-state index is 13.7. The minimum atomic E-state index is -0.487. The number of ketones is 2. The molecule has 2 aromatic heterocycles. The van der Waals surface area contributed by atoms with Gasteiger partial charge in [0.15, 0.2) is 11.6 Å². The number of aromatic nitrogens is 2. The number of hydrogen-bond acceptors (Lipinski definition) is 4. The number of benzene rings is 1. The van der Waals surface area contributed by atoms with E-state index in [1.165, 1.54) is 4.57 Å². The molecule has 7 nitrogen and oxygen atoms in total. The predicted molar refractivity (Wildman–Crippen MR) is 136 cm³/mol. The number of nitrogens with zero attached hydrogens (tertiary/aromatic N) is 2. The molecular formula is C28H33N3O4. The first-order valence-corrected chi connectivity index (χ1v) is 12.5. The van der Waals surface area contributed by atoms with Crippen LogP contribution in [0, 0.1) is 0 Å². The zero-order valence-electron chi connectivity index (χ0n) is 20.7. The molecule has 1 atom stereocenters. The van der Waals surface area contributed by atoms with E-state index < -0.39 is 6.04 Å². The van der Waals surface area contributed by atoms with Crippen LogP contribution in [0.4, 0.5) is 0 Å². The molecule has 0 aliphatic heterocycles. The Hall–Kier alpha value is -3.48. The zero-order valence-corrected chi connectivity index (χ0v) is 20.7. The SMILES string of the molecule is CCc1c(C(=O)NC2CCCCCC2=O)n(C)c2cc(CC)n(CC(=O)c3ccccc3)c(=O)c12. The van der Waals surface area contributed by atoms with Crippen molar-refractivity contribution in [3.63, 3.8) is 0 Å². The van der Waals surface area contributed by atoms with E-state index in [9.17, 15) is 19.2 Å². The molecule has 1 N–H and O–H groups in total. The number of aryl methyl sites for hydroxylation is 3. The highest BCUT2D eigenvalue weighted by Crippen LogP contribution is 2.26. The van der Waals surface area contributed by atoms with Crippen LogP contribution in [0.2, 0.25) is 0 Å². The fourth-order valence-corrected chi connectivity index (χ4v) is 5.17. The van der Waals surface area contributed by atoms with Crippen LogP contribution in [-0.2, 0) is 31.2 Å². The van der Waals surface area contributed by atoms with Crippen LogP contribution in [-0.4, -0.2) is 32.6 Å². The molecule has 1 aliphatic carbocycles. The number of carbonyl (C=O) groups is 3. The normalized spacial score (nSPS) is 16.3. The number of Topliss-reactive ketones (excluding diaryl/α,β-unsaturated/α-hetero) is 2. The van der Waals surface area contributed by atoms with Crippen molar-refractivity contribution in [1.29, 1.82) is 0 Å². The van der Waals surface area contributed by atoms with Gasteiger partial charge in [0.2, 0.25) is 0 Å². The summed E-state index contributed by atoms with van der Waals surface area (Å²) in [6.07, 6.45) is 4.94. The third-order valence-corrected chi connectivity index (χ3v) is 7.09. The van der Waals surface area contributed by atoms with Crippen LogP contribution < -0.4 is 10.9 Å². The summed E-state index contributed by atoms with van der Waals surface area (Å²) < 4.78 is 3.29. The summed E-state index contributed by atoms with van der Waals surface area (Å²) in [4.78, 5) is 52.6. The van der Waals surface area contributed by atoms with E-state index in [-0.39, 0.29) is 29.6 Å². The molecule has 1 amide bonds. The van der Waals surface area contributed by atoms with E-state index in [2.05, 4.69) is 5.32 Å². The molecular weight excluding hydrogens is 442 g/mol. The molecule has 4 rings (SSSR count). The lowest BCUT2D eigenvalue weighted by molar-refractivity contribution is -0.120. The predicted octanol–water partition coefficient (Wildman–Crippen LogP) is 3.98. The Balaban J connectivity index is 1.78. The first-order valence-electron chi connectivity index (χ1n) is 12.5. The maximum absolute atomic E-state index is 13.7. The van der Waals surface area contributed by atoms with Gasteiger partial charge in [-0.3, -0.25) is 19.2 Å². The Kier molecular flexibility index (Phi) is 7.34. The lowest BCUT2D eigenvalue weighted by atomic mass is 10.1. The van der Waals surface area contributed by atoms with Gasteiger partial charge in [0.1, 0.15) is 5.69 Å². The van der Waals surface area contributed by atoms with Crippen LogP contribution in [0.5, 0.6) is 0 Å². The fraction of sp³-hybridized carbons (Fsp3) is 0.429. The number of nitrogens with one attached hydrogen (secondary N) is 1. The van der Waals surface area contributed by atoms with E-state index in [1.807, 2.05) is 26.0 Å². The molecule has 35 heavy (non-hydrogen) atoms. The van der Waals surface area contributed by atoms with Gasteiger partial charge in [-0.2, -0.15) is 0 Å². The number of carbonyl (C=O) groups excluding carboxylic acids is 3. The maximum Gasteiger partial charge on any atom is 0.268 e. The molecule has 0 spiro atoms. The molecule has 0 saturated heterocycles. The van der Waals surface area contributed by atoms with Crippen LogP contribution in [0.1, 0.15) is 78.1 Å². The van der Waals surface area contributed by atoms with Crippen LogP contribution in [0.25, 0.3) is 10.9 Å². The molecule has 3 aromatic rings. The van der Waals surface area contributed by atoms with E-state index in [1.54, 1.807) is 35.9 Å². The first-order chi connectivity index (χ1) is 16.9. The van der Waals surface area contributed by atoms with Crippen molar-refractivity contribution >= 4 is 28.4 Å². The highest BCUT2D eigenvalue weighted by Gasteiger charge is 2.28. The van der Waals surface area contributed by atoms with Crippen LogP contribution in [0.15, 0.2) is 41.2 Å². The van der Waals surface area contributed by atoms with Crippen LogP contribution >= 0.6 is 0 Å². The lowest BCUT2D eigenvalue weighted by Crippen LogP contribution is -2.41. The molecule has 7 heteroatoms. The van der Waals surface area contributed by atoms with E-state index in [0.29, 0.717) is 53.4 Å². The van der Waals surface area contributed by atoms with Crippen molar-refractivity contribution in [2.75, 3.05) is 0 Å². The summed E-state index contributed by atoms with van der Waals surface area (Å²) in [5.74, 6) is -0.395. The number of pyridine rings is 1. The molecule has 1 fully saturated rings. The summed E-state index contributed by atoms with van der Waals surface area (Å²) in [6, 6.07) is 10.4. The van der Waals surface area contributed by atoms with Crippen molar-refractivity contribution in [2.45, 2.75) is 71.4 Å². The van der Waals surface area contributed by atoms with E-state index in [0.717, 1.165) is 25.0 Å². The Morgan fingerprint density at radius 1 is 1.03 bits per heavy atom. The topological polar surface area (TPSA) is 90.2 Å². The van der Waals surface area contributed by atoms with Crippen LogP contribution in [0.3, 0.4) is 0 Å². The van der Waals surface area contributed by atoms with Gasteiger partial charge >= 0.3 is 0 Å². The number of fused-ring (bicyclic) bond motifs is 1. The molecule has 0 radical (unpaired) electrons. The molecule has 0 bridgehead atoms. The van der Waals surface area contributed by atoms with Gasteiger partial charge in [-0.25, -0.2) is 0 Å². The van der Waals surface area contributed by atoms with Gasteiger partial charge in [0.05, 0.1) is 23.5 Å². The zero-order chi connectivity index (χ0) is 25.1. The van der Waals surface area contributed by atoms with Gasteiger partial charge in [0, 0.05) is 24.7 Å². The van der Waals surface area contributed by atoms with Crippen molar-refractivity contribution in [3.8, 4) is 0 Å². The average molecular weight is 476 g/mol. The lowest BCUT2D eigenvalue weighted by Gasteiger charge is -2.16. The van der Waals surface area contributed by atoms with E-state index >= 15 is 0 Å². The quantitative estimate of drug-likeness (QED) is 0.413. The Morgan fingerprint density at radius 3 is 2.46 bits per heavy atom. The Labute approximate surface area is 205 Å². The third-order valence-electron chi connectivity index (χ3n) is 7.09. The van der Waals surface area contributed by atoms with Gasteiger partial charge in [-0.1, -0.05) is 57.0 Å². The molecule has 1 aliphatic rings. The van der Waals surface area contributed by atoms with Crippen molar-refractivity contribution in [3.05, 3.63) is 69.3 Å². The minimum Gasteiger partial charge on any atom is -0.341 e. The largest absolute Gasteiger partial charge is 0.341 e. The smallest absolute Gasteiger partial charge is 0.268 e. The Morgan fingerprint density at radius 2 is 1.77 bits per heavy atom. The monoisotopic (exact) mass is 475 g/mol. The summed E-state index contributed by atoms with van der Waals surface area (Å²) in [5.41, 5.74) is 2.75. The summed E-state index contributed by atoms with van der Waals surface area (Å²) in [6.45, 7) is 3.80. The fourth-order valence-electron chi connectivity index (χ4n) is 5.17. The second-order valence-corrected chi connectivity index (χ2v) is 9.26. The highest BCUT2D eigenvalue weighted by atomic mass is 16.2. The van der Waals surface area contributed by atoms with Gasteiger partial charge < -0.3 is 14.5 Å². The molecule has 2 heterocycles. The van der Waals surface area contributed by atoms with Crippen molar-refractivity contribution in [2.24, 2.45) is 7.05 Å². The van der Waals surface area contributed by atoms with Crippen molar-refractivity contribution < 1.29 is 14.4 Å². The molecule has 1 aromatic carbocycles. The summed E-state index contributed by atoms with van der Waals surface area (Å²) >= 11 is 0. The van der Waals surface area contributed by atoms with E-state index in [4.69, 9.17) is 0 Å². The minimum absolute atomic E-state index is 0.0574. The summed E-state index contributed by atoms with van der Waals surface area (Å²) in [7, 11) is 1.78. The van der Waals surface area contributed by atoms with Gasteiger partial charge in [-0.15, -0.1) is 0 Å². The van der Waals surface area contributed by atoms with Gasteiger partial charge in [0.25, 0.3) is 11.5 Å². The second-order valence-electron chi connectivity index (χ2n) is 9.26. The summed E-state index contributed by atoms with van der Waals surface area (Å²) in [5, 5.41) is 3.41. The number of rotatable bonds is 7. The Bertz CT molecular complexity index is 1330. The standard InChI is InChI=1S/C28H33N3O4/c1-4-19-16-22-25(28(35)31(19)17-24(33)18-12-8-6-9-13-18)20(5-2)26(30(22)3)27(34)29-21-14-10-7-11-15-23(21)32/h6,8-9,12-13,16,21H,4-5,7,10-11,14-15,17H2,1-3H3,(H,29,34). The second kappa shape index (κ2) is 10.4. The molecule has 1 unspecified atom stereocenters. The van der Waals surface area contributed by atoms with Crippen molar-refractivity contribution in [1.82, 2.24) is 14.5 Å². The molecule has 184 valence electrons. The highest BCUT2D eigenvalue weighted by molar-refractivity contribution is 6.03. The first kappa shape index (κ1) is 24.6. The van der Waals surface area contributed by atoms with Gasteiger partial charge in [-0.05, 0) is 37.3 Å². The number of hydrogen-bond donors (Lipinski definition) is 1. The average Bonchev–Trinajstić information content (AvgIpc) is 3.00. The third kappa shape index (κ3) is 4.72. The number of amides is 1. The molecule has 1 saturated carbocycles.